The van der Waals surface area contributed by atoms with E-state index in [4.69, 9.17) is 0 Å². The second-order valence-electron chi connectivity index (χ2n) is 9.56. The third kappa shape index (κ3) is 12.4. The van der Waals surface area contributed by atoms with Gasteiger partial charge in [0.15, 0.2) is 0 Å². The SMILES string of the molecule is CCC1CCC(C(C)(C)C)CC1.CCCCCCCCC(C)CC. The fourth-order valence-electron chi connectivity index (χ4n) is 3.91. The molecule has 0 heterocycles. The molecule has 1 rings (SSSR count). The Balaban J connectivity index is 0.000000441. The Bertz CT molecular complexity index is 252. The van der Waals surface area contributed by atoms with Crippen molar-refractivity contribution in [2.45, 2.75) is 132 Å². The van der Waals surface area contributed by atoms with Gasteiger partial charge in [0.1, 0.15) is 0 Å². The summed E-state index contributed by atoms with van der Waals surface area (Å²) in [7, 11) is 0. The lowest BCUT2D eigenvalue weighted by molar-refractivity contribution is 0.148. The summed E-state index contributed by atoms with van der Waals surface area (Å²) in [6.07, 6.45) is 18.8. The Kier molecular flexibility index (Phi) is 14.2. The molecule has 0 amide bonds. The highest BCUT2D eigenvalue weighted by Crippen LogP contribution is 2.40. The third-order valence-electron chi connectivity index (χ3n) is 6.40. The van der Waals surface area contributed by atoms with E-state index in [0.29, 0.717) is 5.41 Å². The zero-order chi connectivity index (χ0) is 18.4. The monoisotopic (exact) mass is 338 g/mol. The summed E-state index contributed by atoms with van der Waals surface area (Å²) in [6.45, 7) is 16.5. The molecule has 0 aromatic heterocycles. The van der Waals surface area contributed by atoms with Gasteiger partial charge in [0.2, 0.25) is 0 Å². The Morgan fingerprint density at radius 1 is 0.792 bits per heavy atom. The summed E-state index contributed by atoms with van der Waals surface area (Å²) in [6, 6.07) is 0. The zero-order valence-electron chi connectivity index (χ0n) is 18.4. The molecule has 146 valence electrons. The summed E-state index contributed by atoms with van der Waals surface area (Å²) < 4.78 is 0. The molecule has 0 heteroatoms. The minimum atomic E-state index is 0.554. The molecule has 0 aromatic carbocycles. The van der Waals surface area contributed by atoms with Crippen molar-refractivity contribution < 1.29 is 0 Å². The van der Waals surface area contributed by atoms with E-state index < -0.39 is 0 Å². The minimum Gasteiger partial charge on any atom is -0.0654 e. The molecule has 1 unspecified atom stereocenters. The van der Waals surface area contributed by atoms with Gasteiger partial charge in [-0.15, -0.1) is 0 Å². The second-order valence-corrected chi connectivity index (χ2v) is 9.56. The maximum atomic E-state index is 2.39. The van der Waals surface area contributed by atoms with Crippen LogP contribution in [0.4, 0.5) is 0 Å². The number of unbranched alkanes of at least 4 members (excludes halogenated alkanes) is 5. The Hall–Kier alpha value is 0. The molecule has 0 saturated heterocycles. The fourth-order valence-corrected chi connectivity index (χ4v) is 3.91. The number of rotatable bonds is 9. The van der Waals surface area contributed by atoms with Crippen LogP contribution in [0.2, 0.25) is 0 Å². The lowest BCUT2D eigenvalue weighted by Crippen LogP contribution is -2.25. The molecule has 24 heavy (non-hydrogen) atoms. The maximum Gasteiger partial charge on any atom is -0.0354 e. The molecule has 0 nitrogen and oxygen atoms in total. The molecule has 0 radical (unpaired) electrons. The smallest absolute Gasteiger partial charge is 0.0354 e. The predicted octanol–water partition coefficient (Wildman–Crippen LogP) is 9.03. The van der Waals surface area contributed by atoms with Gasteiger partial charge in [0, 0.05) is 0 Å². The first-order chi connectivity index (χ1) is 11.3. The van der Waals surface area contributed by atoms with Crippen LogP contribution in [-0.2, 0) is 0 Å². The lowest BCUT2D eigenvalue weighted by Gasteiger charge is -2.36. The van der Waals surface area contributed by atoms with Gasteiger partial charge in [-0.1, -0.05) is 119 Å². The number of hydrogen-bond acceptors (Lipinski definition) is 0. The van der Waals surface area contributed by atoms with Crippen molar-refractivity contribution in [1.82, 2.24) is 0 Å². The van der Waals surface area contributed by atoms with Gasteiger partial charge in [-0.05, 0) is 36.0 Å². The zero-order valence-corrected chi connectivity index (χ0v) is 18.4. The van der Waals surface area contributed by atoms with Crippen LogP contribution >= 0.6 is 0 Å². The first kappa shape index (κ1) is 24.0. The van der Waals surface area contributed by atoms with Crippen molar-refractivity contribution >= 4 is 0 Å². The van der Waals surface area contributed by atoms with E-state index in [0.717, 1.165) is 17.8 Å². The molecule has 1 saturated carbocycles. The largest absolute Gasteiger partial charge is 0.0654 e. The quantitative estimate of drug-likeness (QED) is 0.368. The van der Waals surface area contributed by atoms with Gasteiger partial charge >= 0.3 is 0 Å². The van der Waals surface area contributed by atoms with Crippen LogP contribution in [0.3, 0.4) is 0 Å². The van der Waals surface area contributed by atoms with Gasteiger partial charge in [-0.25, -0.2) is 0 Å². The summed E-state index contributed by atoms with van der Waals surface area (Å²) in [5.41, 5.74) is 0.554. The van der Waals surface area contributed by atoms with Gasteiger partial charge in [-0.2, -0.15) is 0 Å². The normalized spacial score (nSPS) is 22.6. The lowest BCUT2D eigenvalue weighted by atomic mass is 9.69. The van der Waals surface area contributed by atoms with Crippen LogP contribution in [-0.4, -0.2) is 0 Å². The molecular weight excluding hydrogens is 288 g/mol. The average molecular weight is 339 g/mol. The van der Waals surface area contributed by atoms with Gasteiger partial charge in [0.25, 0.3) is 0 Å². The van der Waals surface area contributed by atoms with Crippen LogP contribution in [0.5, 0.6) is 0 Å². The van der Waals surface area contributed by atoms with Gasteiger partial charge < -0.3 is 0 Å². The molecule has 1 atom stereocenters. The molecule has 0 bridgehead atoms. The van der Waals surface area contributed by atoms with Crippen molar-refractivity contribution in [3.63, 3.8) is 0 Å². The van der Waals surface area contributed by atoms with E-state index in [9.17, 15) is 0 Å². The molecule has 0 aromatic rings. The summed E-state index contributed by atoms with van der Waals surface area (Å²) in [5, 5.41) is 0. The van der Waals surface area contributed by atoms with E-state index in [1.807, 2.05) is 0 Å². The fraction of sp³-hybridized carbons (Fsp3) is 1.00. The highest BCUT2D eigenvalue weighted by atomic mass is 14.3. The van der Waals surface area contributed by atoms with Crippen LogP contribution in [0.15, 0.2) is 0 Å². The Morgan fingerprint density at radius 3 is 1.79 bits per heavy atom. The second kappa shape index (κ2) is 14.2. The first-order valence-corrected chi connectivity index (χ1v) is 11.3. The molecule has 1 aliphatic carbocycles. The highest BCUT2D eigenvalue weighted by Gasteiger charge is 2.28. The molecule has 0 N–H and O–H groups in total. The standard InChI is InChI=1S/C12H24.C12H26/c1-5-10-6-8-11(9-7-10)12(2,3)4;1-4-6-7-8-9-10-11-12(3)5-2/h10-11H,5-9H2,1-4H3;12H,4-11H2,1-3H3. The summed E-state index contributed by atoms with van der Waals surface area (Å²) in [5.74, 6) is 2.99. The molecule has 1 fully saturated rings. The number of hydrogen-bond donors (Lipinski definition) is 0. The topological polar surface area (TPSA) is 0 Å². The van der Waals surface area contributed by atoms with Crippen LogP contribution < -0.4 is 0 Å². The Labute approximate surface area is 155 Å². The van der Waals surface area contributed by atoms with E-state index in [1.165, 1.54) is 83.5 Å². The van der Waals surface area contributed by atoms with Crippen LogP contribution in [0.25, 0.3) is 0 Å². The van der Waals surface area contributed by atoms with Crippen molar-refractivity contribution in [1.29, 1.82) is 0 Å². The average Bonchev–Trinajstić information content (AvgIpc) is 2.57. The van der Waals surface area contributed by atoms with Crippen molar-refractivity contribution in [2.24, 2.45) is 23.2 Å². The van der Waals surface area contributed by atoms with Crippen LogP contribution in [0.1, 0.15) is 132 Å². The molecule has 0 aliphatic heterocycles. The first-order valence-electron chi connectivity index (χ1n) is 11.3. The summed E-state index contributed by atoms with van der Waals surface area (Å²) in [4.78, 5) is 0. The molecule has 0 spiro atoms. The van der Waals surface area contributed by atoms with Crippen molar-refractivity contribution in [3.05, 3.63) is 0 Å². The van der Waals surface area contributed by atoms with E-state index >= 15 is 0 Å². The van der Waals surface area contributed by atoms with Crippen molar-refractivity contribution in [2.75, 3.05) is 0 Å². The van der Waals surface area contributed by atoms with Gasteiger partial charge in [-0.3, -0.25) is 0 Å². The highest BCUT2D eigenvalue weighted by molar-refractivity contribution is 4.79. The van der Waals surface area contributed by atoms with E-state index in [-0.39, 0.29) is 0 Å². The predicted molar refractivity (Wildman–Crippen MR) is 113 cm³/mol. The Morgan fingerprint density at radius 2 is 1.33 bits per heavy atom. The maximum absolute atomic E-state index is 2.39. The van der Waals surface area contributed by atoms with E-state index in [1.54, 1.807) is 0 Å². The molecule has 1 aliphatic rings. The van der Waals surface area contributed by atoms with E-state index in [2.05, 4.69) is 48.5 Å². The third-order valence-corrected chi connectivity index (χ3v) is 6.40. The molecular formula is C24H50. The van der Waals surface area contributed by atoms with Gasteiger partial charge in [0.05, 0.1) is 0 Å². The van der Waals surface area contributed by atoms with Crippen LogP contribution in [0, 0.1) is 23.2 Å². The minimum absolute atomic E-state index is 0.554. The van der Waals surface area contributed by atoms with Crippen molar-refractivity contribution in [3.8, 4) is 0 Å². The summed E-state index contributed by atoms with van der Waals surface area (Å²) >= 11 is 0.